The monoisotopic (exact) mass is 332 g/mol. The number of hydrogen-bond acceptors (Lipinski definition) is 5. The smallest absolute Gasteiger partial charge is 0.100 e. The van der Waals surface area contributed by atoms with E-state index in [0.717, 1.165) is 44.4 Å². The van der Waals surface area contributed by atoms with Crippen LogP contribution in [0.3, 0.4) is 0 Å². The van der Waals surface area contributed by atoms with Crippen molar-refractivity contribution in [2.45, 2.75) is 45.3 Å². The largest absolute Gasteiger partial charge is 0.384 e. The van der Waals surface area contributed by atoms with Gasteiger partial charge in [0.2, 0.25) is 0 Å². The van der Waals surface area contributed by atoms with Crippen molar-refractivity contribution < 1.29 is 4.74 Å². The van der Waals surface area contributed by atoms with Crippen molar-refractivity contribution >= 4 is 11.3 Å². The molecule has 3 heterocycles. The molecule has 1 atom stereocenters. The Hall–Kier alpha value is -1.24. The minimum Gasteiger partial charge on any atom is -0.384 e. The van der Waals surface area contributed by atoms with E-state index in [9.17, 15) is 0 Å². The standard InChI is InChI=1S/C17H24N4OS/c1-12-5-6-23-16(12)10-20-8-14(11-22-2)17-15(9-20)18-19-21(17)7-13-3-4-13/h5-6,13-14H,3-4,7-11H2,1-2H3/t14-/m1/s1. The molecule has 124 valence electrons. The Labute approximate surface area is 141 Å². The van der Waals surface area contributed by atoms with Crippen molar-refractivity contribution in [2.75, 3.05) is 20.3 Å². The van der Waals surface area contributed by atoms with Gasteiger partial charge in [0.05, 0.1) is 12.3 Å². The third-order valence-electron chi connectivity index (χ3n) is 4.92. The van der Waals surface area contributed by atoms with Gasteiger partial charge in [0.1, 0.15) is 5.69 Å². The molecule has 2 aliphatic rings. The van der Waals surface area contributed by atoms with Crippen molar-refractivity contribution in [1.82, 2.24) is 19.9 Å². The van der Waals surface area contributed by atoms with Gasteiger partial charge in [-0.05, 0) is 42.7 Å². The number of methoxy groups -OCH3 is 1. The van der Waals surface area contributed by atoms with Crippen LogP contribution in [0.15, 0.2) is 11.4 Å². The first-order chi connectivity index (χ1) is 11.2. The molecule has 2 aromatic rings. The summed E-state index contributed by atoms with van der Waals surface area (Å²) < 4.78 is 7.65. The van der Waals surface area contributed by atoms with Crippen LogP contribution < -0.4 is 0 Å². The zero-order valence-corrected chi connectivity index (χ0v) is 14.7. The highest BCUT2D eigenvalue weighted by molar-refractivity contribution is 7.10. The fraction of sp³-hybridized carbons (Fsp3) is 0.647. The molecule has 6 heteroatoms. The summed E-state index contributed by atoms with van der Waals surface area (Å²) in [5, 5.41) is 11.1. The van der Waals surface area contributed by atoms with Crippen molar-refractivity contribution in [1.29, 1.82) is 0 Å². The molecule has 1 saturated carbocycles. The summed E-state index contributed by atoms with van der Waals surface area (Å²) in [6.07, 6.45) is 2.68. The van der Waals surface area contributed by atoms with Crippen LogP contribution in [0, 0.1) is 12.8 Å². The van der Waals surface area contributed by atoms with E-state index in [1.807, 2.05) is 11.3 Å². The van der Waals surface area contributed by atoms with Crippen LogP contribution >= 0.6 is 11.3 Å². The first kappa shape index (κ1) is 15.3. The molecule has 0 radical (unpaired) electrons. The predicted octanol–water partition coefficient (Wildman–Crippen LogP) is 2.80. The second-order valence-corrected chi connectivity index (χ2v) is 7.90. The van der Waals surface area contributed by atoms with Crippen LogP contribution in [-0.2, 0) is 24.4 Å². The van der Waals surface area contributed by atoms with Gasteiger partial charge in [-0.2, -0.15) is 0 Å². The normalized spacial score (nSPS) is 21.6. The number of hydrogen-bond donors (Lipinski definition) is 0. The number of aryl methyl sites for hydroxylation is 1. The summed E-state index contributed by atoms with van der Waals surface area (Å²) in [7, 11) is 1.79. The molecule has 0 aromatic carbocycles. The third-order valence-corrected chi connectivity index (χ3v) is 5.92. The molecule has 1 aliphatic heterocycles. The molecule has 0 amide bonds. The molecule has 1 fully saturated rings. The maximum Gasteiger partial charge on any atom is 0.100 e. The molecule has 0 bridgehead atoms. The second-order valence-electron chi connectivity index (χ2n) is 6.90. The minimum atomic E-state index is 0.373. The quantitative estimate of drug-likeness (QED) is 0.816. The van der Waals surface area contributed by atoms with E-state index in [1.165, 1.54) is 29.0 Å². The van der Waals surface area contributed by atoms with Crippen molar-refractivity contribution in [3.05, 3.63) is 33.3 Å². The Morgan fingerprint density at radius 2 is 2.26 bits per heavy atom. The van der Waals surface area contributed by atoms with E-state index >= 15 is 0 Å². The summed E-state index contributed by atoms with van der Waals surface area (Å²) in [4.78, 5) is 3.94. The predicted molar refractivity (Wildman–Crippen MR) is 90.5 cm³/mol. The number of aromatic nitrogens is 3. The molecule has 2 aromatic heterocycles. The SMILES string of the molecule is COC[C@H]1CN(Cc2sccc2C)Cc2nnn(CC3CC3)c21. The molecule has 4 rings (SSSR count). The van der Waals surface area contributed by atoms with Gasteiger partial charge in [0.15, 0.2) is 0 Å². The van der Waals surface area contributed by atoms with Crippen molar-refractivity contribution in [2.24, 2.45) is 5.92 Å². The van der Waals surface area contributed by atoms with Crippen LogP contribution in [-0.4, -0.2) is 40.2 Å². The summed E-state index contributed by atoms with van der Waals surface area (Å²) in [5.41, 5.74) is 3.85. The minimum absolute atomic E-state index is 0.373. The van der Waals surface area contributed by atoms with E-state index < -0.39 is 0 Å². The second kappa shape index (κ2) is 6.34. The zero-order chi connectivity index (χ0) is 15.8. The van der Waals surface area contributed by atoms with Gasteiger partial charge in [-0.3, -0.25) is 4.90 Å². The number of nitrogens with zero attached hydrogens (tertiary/aromatic N) is 4. The van der Waals surface area contributed by atoms with Crippen LogP contribution in [0.1, 0.15) is 40.6 Å². The topological polar surface area (TPSA) is 43.2 Å². The first-order valence-electron chi connectivity index (χ1n) is 8.41. The highest BCUT2D eigenvalue weighted by atomic mass is 32.1. The van der Waals surface area contributed by atoms with Crippen LogP contribution in [0.5, 0.6) is 0 Å². The fourth-order valence-electron chi connectivity index (χ4n) is 3.49. The third kappa shape index (κ3) is 3.20. The summed E-state index contributed by atoms with van der Waals surface area (Å²) in [6.45, 7) is 6.89. The molecule has 1 aliphatic carbocycles. The Kier molecular flexibility index (Phi) is 4.22. The van der Waals surface area contributed by atoms with E-state index in [4.69, 9.17) is 4.74 Å². The highest BCUT2D eigenvalue weighted by Crippen LogP contribution is 2.34. The van der Waals surface area contributed by atoms with Gasteiger partial charge in [0.25, 0.3) is 0 Å². The number of thiophene rings is 1. The van der Waals surface area contributed by atoms with E-state index in [0.29, 0.717) is 5.92 Å². The molecular formula is C17H24N4OS. The van der Waals surface area contributed by atoms with Gasteiger partial charge < -0.3 is 4.74 Å². The molecule has 5 nitrogen and oxygen atoms in total. The summed E-state index contributed by atoms with van der Waals surface area (Å²) >= 11 is 1.85. The lowest BCUT2D eigenvalue weighted by atomic mass is 9.98. The van der Waals surface area contributed by atoms with Gasteiger partial charge >= 0.3 is 0 Å². The van der Waals surface area contributed by atoms with Gasteiger partial charge in [-0.25, -0.2) is 4.68 Å². The fourth-order valence-corrected chi connectivity index (χ4v) is 4.44. The molecule has 23 heavy (non-hydrogen) atoms. The maximum absolute atomic E-state index is 5.50. The Balaban J connectivity index is 1.55. The molecular weight excluding hydrogens is 308 g/mol. The van der Waals surface area contributed by atoms with E-state index in [2.05, 4.69) is 38.3 Å². The van der Waals surface area contributed by atoms with E-state index in [-0.39, 0.29) is 0 Å². The summed E-state index contributed by atoms with van der Waals surface area (Å²) in [6, 6.07) is 2.20. The number of ether oxygens (including phenoxy) is 1. The lowest BCUT2D eigenvalue weighted by Gasteiger charge is -2.32. The van der Waals surface area contributed by atoms with Crippen LogP contribution in [0.4, 0.5) is 0 Å². The van der Waals surface area contributed by atoms with Crippen LogP contribution in [0.25, 0.3) is 0 Å². The van der Waals surface area contributed by atoms with Gasteiger partial charge in [-0.15, -0.1) is 16.4 Å². The average molecular weight is 332 g/mol. The van der Waals surface area contributed by atoms with Gasteiger partial charge in [-0.1, -0.05) is 5.21 Å². The van der Waals surface area contributed by atoms with Crippen molar-refractivity contribution in [3.63, 3.8) is 0 Å². The Morgan fingerprint density at radius 3 is 2.96 bits per heavy atom. The Bertz CT molecular complexity index is 676. The summed E-state index contributed by atoms with van der Waals surface area (Å²) in [5.74, 6) is 1.19. The number of rotatable bonds is 6. The first-order valence-corrected chi connectivity index (χ1v) is 9.29. The molecule has 0 spiro atoms. The zero-order valence-electron chi connectivity index (χ0n) is 13.9. The lowest BCUT2D eigenvalue weighted by Crippen LogP contribution is -2.36. The molecule has 0 unspecified atom stereocenters. The van der Waals surface area contributed by atoms with Crippen LogP contribution in [0.2, 0.25) is 0 Å². The highest BCUT2D eigenvalue weighted by Gasteiger charge is 2.33. The molecule has 0 saturated heterocycles. The average Bonchev–Trinajstić information content (AvgIpc) is 3.13. The molecule has 0 N–H and O–H groups in total. The maximum atomic E-state index is 5.50. The van der Waals surface area contributed by atoms with Crippen molar-refractivity contribution in [3.8, 4) is 0 Å². The van der Waals surface area contributed by atoms with Gasteiger partial charge in [0, 0.05) is 44.1 Å². The lowest BCUT2D eigenvalue weighted by molar-refractivity contribution is 0.131. The number of fused-ring (bicyclic) bond motifs is 1. The van der Waals surface area contributed by atoms with E-state index in [1.54, 1.807) is 7.11 Å². The Morgan fingerprint density at radius 1 is 1.39 bits per heavy atom.